The monoisotopic (exact) mass is 859 g/mol. The van der Waals surface area contributed by atoms with Crippen molar-refractivity contribution in [2.75, 3.05) is 13.1 Å². The van der Waals surface area contributed by atoms with E-state index in [1.165, 1.54) is 23.9 Å². The van der Waals surface area contributed by atoms with Crippen molar-refractivity contribution in [3.63, 3.8) is 0 Å². The summed E-state index contributed by atoms with van der Waals surface area (Å²) in [5.41, 5.74) is 9.81. The molecule has 1 aliphatic rings. The highest BCUT2D eigenvalue weighted by molar-refractivity contribution is 8.02. The van der Waals surface area contributed by atoms with E-state index in [0.29, 0.717) is 34.5 Å². The average Bonchev–Trinajstić information content (AvgIpc) is 3.67. The van der Waals surface area contributed by atoms with Crippen LogP contribution in [0.4, 0.5) is 17.6 Å². The summed E-state index contributed by atoms with van der Waals surface area (Å²) in [7, 11) is 31.9. The zero-order valence-corrected chi connectivity index (χ0v) is 41.9. The van der Waals surface area contributed by atoms with Gasteiger partial charge in [-0.3, -0.25) is 9.59 Å². The van der Waals surface area contributed by atoms with E-state index in [0.717, 1.165) is 69.3 Å². The van der Waals surface area contributed by atoms with Crippen molar-refractivity contribution in [1.29, 1.82) is 0 Å². The van der Waals surface area contributed by atoms with Crippen molar-refractivity contribution in [1.82, 2.24) is 19.4 Å². The minimum atomic E-state index is -4.47. The van der Waals surface area contributed by atoms with Crippen LogP contribution < -0.4 is 49.3 Å². The Balaban J connectivity index is 1.77. The fraction of sp³-hybridized carbons (Fsp3) is 0.361. The van der Waals surface area contributed by atoms with Crippen LogP contribution >= 0.6 is 11.8 Å². The number of thioether (sulfide) groups is 1. The van der Waals surface area contributed by atoms with Gasteiger partial charge in [0.2, 0.25) is 5.91 Å². The average molecular weight is 856 g/mol. The third-order valence-corrected chi connectivity index (χ3v) is 16.4. The number of likely N-dealkylation sites (N-methyl/N-ethyl adjacent to an activating group) is 1. The van der Waals surface area contributed by atoms with Crippen molar-refractivity contribution in [2.24, 2.45) is 0 Å². The third kappa shape index (κ3) is 8.90. The van der Waals surface area contributed by atoms with E-state index in [2.05, 4.69) is 107 Å². The number of aromatic nitrogens is 2. The highest BCUT2D eigenvalue weighted by atomic mass is 32.2. The molecular weight excluding hydrogens is 801 g/mol. The summed E-state index contributed by atoms with van der Waals surface area (Å²) in [4.78, 5) is 38.7. The summed E-state index contributed by atoms with van der Waals surface area (Å²) < 4.78 is 58.6. The van der Waals surface area contributed by atoms with Gasteiger partial charge in [0.05, 0.1) is 0 Å². The maximum Gasteiger partial charge on any atom is 0.415 e. The number of nitrogens with zero attached hydrogens (tertiary/aromatic N) is 4. The van der Waals surface area contributed by atoms with E-state index < -0.39 is 32.3 Å². The Hall–Kier alpha value is -2.92. The van der Waals surface area contributed by atoms with Crippen molar-refractivity contribution >= 4 is 187 Å². The predicted octanol–water partition coefficient (Wildman–Crippen LogP) is -15.1. The summed E-state index contributed by atoms with van der Waals surface area (Å²) >= 11 is 1.40. The highest BCUT2D eigenvalue weighted by Gasteiger charge is 2.51. The van der Waals surface area contributed by atoms with E-state index in [9.17, 15) is 22.4 Å². The largest absolute Gasteiger partial charge is 0.415 e. The van der Waals surface area contributed by atoms with Gasteiger partial charge in [0.25, 0.3) is 5.56 Å². The van der Waals surface area contributed by atoms with E-state index in [1.807, 2.05) is 20.3 Å². The molecule has 312 valence electrons. The number of hydrogen-bond donors (Lipinski definition) is 0. The molecule has 0 unspecified atom stereocenters. The van der Waals surface area contributed by atoms with E-state index in [1.54, 1.807) is 43.5 Å². The number of hydrogen-bond acceptors (Lipinski definition) is 5. The molecule has 63 heavy (non-hydrogen) atoms. The molecule has 0 spiro atoms. The number of carbonyl (C=O) groups is 1. The number of amides is 1. The molecule has 6 nitrogen and oxygen atoms in total. The molecule has 0 aliphatic heterocycles. The molecule has 0 fully saturated rings. The molecule has 5 rings (SSSR count). The Morgan fingerprint density at radius 2 is 1.17 bits per heavy atom. The second-order valence-electron chi connectivity index (χ2n) is 19.8. The lowest BCUT2D eigenvalue weighted by atomic mass is 9.34. The predicted molar refractivity (Wildman–Crippen MR) is 302 cm³/mol. The van der Waals surface area contributed by atoms with Crippen LogP contribution in [0.25, 0.3) is 11.1 Å². The molecule has 0 atom stereocenters. The first-order chi connectivity index (χ1) is 28.9. The molecule has 1 aromatic heterocycles. The molecule has 1 amide bonds. The molecular formula is C36H54B16F4N4O2S. The quantitative estimate of drug-likeness (QED) is 0.0580. The van der Waals surface area contributed by atoms with Crippen LogP contribution in [0, 0.1) is 5.82 Å². The third-order valence-electron chi connectivity index (χ3n) is 15.2. The Morgan fingerprint density at radius 1 is 0.714 bits per heavy atom. The van der Waals surface area contributed by atoms with Crippen molar-refractivity contribution < 1.29 is 22.4 Å². The summed E-state index contributed by atoms with van der Waals surface area (Å²) in [6.45, 7) is 5.74. The first-order valence-electron chi connectivity index (χ1n) is 22.4. The number of alkyl halides is 3. The molecule has 0 saturated heterocycles. The number of rotatable bonds is 13. The summed E-state index contributed by atoms with van der Waals surface area (Å²) in [6.07, 6.45) is -2.46. The zero-order valence-electron chi connectivity index (χ0n) is 41.1. The van der Waals surface area contributed by atoms with Gasteiger partial charge in [-0.25, -0.2) is 4.39 Å². The summed E-state index contributed by atoms with van der Waals surface area (Å²) in [5, 5.41) is -1.83. The highest BCUT2D eigenvalue weighted by Crippen LogP contribution is 2.38. The van der Waals surface area contributed by atoms with Gasteiger partial charge in [0, 0.05) is 22.2 Å². The maximum atomic E-state index is 15.9. The van der Waals surface area contributed by atoms with Gasteiger partial charge in [0.1, 0.15) is 138 Å². The summed E-state index contributed by atoms with van der Waals surface area (Å²) in [6, 6.07) is 6.34. The van der Waals surface area contributed by atoms with Crippen molar-refractivity contribution in [3.05, 3.63) is 68.4 Å². The van der Waals surface area contributed by atoms with Gasteiger partial charge in [-0.05, 0) is 76.4 Å². The maximum absolute atomic E-state index is 15.9. The van der Waals surface area contributed by atoms with Crippen molar-refractivity contribution in [3.8, 4) is 11.1 Å². The SMILES string of the molecule is Bc1c(B)c(C(F)(F)F)c(B)c(B)c1-c1c(B)c(B)c(C(B)(B)N(C(=O)Cn2c(SC(B)(B)c3ccc(F)cc3)nc(=O)c3c2CCC3)C(B)(B)C(B)(B)N(CC)CC)c(B)c1B. The van der Waals surface area contributed by atoms with Crippen LogP contribution in [0.15, 0.2) is 34.2 Å². The smallest absolute Gasteiger partial charge is 0.357 e. The van der Waals surface area contributed by atoms with Crippen LogP contribution in [0.3, 0.4) is 0 Å². The lowest BCUT2D eigenvalue weighted by Gasteiger charge is -2.61. The van der Waals surface area contributed by atoms with Crippen LogP contribution in [-0.2, 0) is 40.2 Å². The molecule has 0 bridgehead atoms. The minimum absolute atomic E-state index is 0.0602. The van der Waals surface area contributed by atoms with Gasteiger partial charge in [-0.2, -0.15) is 18.2 Å². The normalized spacial score (nSPS) is 13.6. The lowest BCUT2D eigenvalue weighted by Crippen LogP contribution is -2.78. The second kappa shape index (κ2) is 18.0. The molecule has 27 heteroatoms. The molecule has 0 N–H and O–H groups in total. The fourth-order valence-electron chi connectivity index (χ4n) is 11.0. The molecule has 3 aromatic carbocycles. The minimum Gasteiger partial charge on any atom is -0.357 e. The van der Waals surface area contributed by atoms with Gasteiger partial charge < -0.3 is 14.4 Å². The fourth-order valence-corrected chi connectivity index (χ4v) is 12.1. The lowest BCUT2D eigenvalue weighted by molar-refractivity contribution is -0.137. The van der Waals surface area contributed by atoms with Crippen molar-refractivity contribution in [2.45, 2.75) is 71.5 Å². The number of carbonyl (C=O) groups excluding carboxylic acids is 1. The summed E-state index contributed by atoms with van der Waals surface area (Å²) in [5.74, 6) is -0.471. The van der Waals surface area contributed by atoms with E-state index in [4.69, 9.17) is 0 Å². The zero-order chi connectivity index (χ0) is 47.7. The van der Waals surface area contributed by atoms with Crippen LogP contribution in [0.5, 0.6) is 0 Å². The number of halogens is 4. The molecule has 0 radical (unpaired) electrons. The molecule has 1 aliphatic carbocycles. The van der Waals surface area contributed by atoms with Crippen LogP contribution in [0.1, 0.15) is 48.2 Å². The topological polar surface area (TPSA) is 58.4 Å². The Bertz CT molecular complexity index is 2480. The standard InChI is InChI=1S/C36H54B16F4N4O2S/c1-3-58(4-2)35(49,50)36(51,52)60(17(61)12-59-16-7-5-6-15(16)30(62)57-31(59)63-33(47,48)13-8-10-14(53)11-9-13)32(45,46)20-26(41)22(37)18(23(38)27(20)42)19-24(39)28(43)21(34(54,55)56)29(44)25(19)40/h8-11H,3-7,12,37-52H2,1-2H3. The number of fused-ring (bicyclic) bond motifs is 1. The molecule has 0 saturated carbocycles. The molecule has 1 heterocycles. The van der Waals surface area contributed by atoms with Gasteiger partial charge in [-0.15, -0.1) is 0 Å². The van der Waals surface area contributed by atoms with E-state index >= 15 is 4.79 Å². The first-order valence-corrected chi connectivity index (χ1v) is 23.2. The first kappa shape index (κ1) is 51.1. The number of benzene rings is 3. The van der Waals surface area contributed by atoms with Crippen LogP contribution in [-0.4, -0.2) is 175 Å². The molecule has 4 aromatic rings. The van der Waals surface area contributed by atoms with Gasteiger partial charge in [-0.1, -0.05) is 87.0 Å². The van der Waals surface area contributed by atoms with Gasteiger partial charge in [0.15, 0.2) is 5.16 Å². The van der Waals surface area contributed by atoms with E-state index in [-0.39, 0.29) is 34.8 Å². The second-order valence-corrected chi connectivity index (χ2v) is 21.3. The Labute approximate surface area is 390 Å². The van der Waals surface area contributed by atoms with Gasteiger partial charge >= 0.3 is 6.18 Å². The Morgan fingerprint density at radius 3 is 1.62 bits per heavy atom. The Kier molecular flexibility index (Phi) is 14.6. The van der Waals surface area contributed by atoms with Crippen LogP contribution in [0.2, 0.25) is 0 Å².